The van der Waals surface area contributed by atoms with Crippen LogP contribution in [0.3, 0.4) is 0 Å². The lowest BCUT2D eigenvalue weighted by molar-refractivity contribution is -0.142. The van der Waals surface area contributed by atoms with Gasteiger partial charge in [0.15, 0.2) is 0 Å². The van der Waals surface area contributed by atoms with Gasteiger partial charge in [-0.1, -0.05) is 26.0 Å². The van der Waals surface area contributed by atoms with Crippen LogP contribution >= 0.6 is 0 Å². The highest BCUT2D eigenvalue weighted by molar-refractivity contribution is 5.95. The first-order valence-electron chi connectivity index (χ1n) is 15.5. The van der Waals surface area contributed by atoms with Gasteiger partial charge in [-0.15, -0.1) is 0 Å². The van der Waals surface area contributed by atoms with Gasteiger partial charge in [0.25, 0.3) is 0 Å². The van der Waals surface area contributed by atoms with Gasteiger partial charge in [-0.25, -0.2) is 9.78 Å². The van der Waals surface area contributed by atoms with Crippen molar-refractivity contribution in [2.45, 2.75) is 95.6 Å². The number of carbonyl (C=O) groups is 5. The molecule has 4 amide bonds. The van der Waals surface area contributed by atoms with Gasteiger partial charge >= 0.3 is 5.97 Å². The van der Waals surface area contributed by atoms with Gasteiger partial charge in [-0.3, -0.25) is 19.2 Å². The number of aromatic amines is 1. The third kappa shape index (κ3) is 13.4. The van der Waals surface area contributed by atoms with Crippen LogP contribution in [0.15, 0.2) is 36.8 Å². The van der Waals surface area contributed by atoms with E-state index in [1.165, 1.54) is 31.6 Å². The Hall–Kier alpha value is -4.54. The number of phenolic OH excluding ortho intramolecular Hbond substituents is 1. The zero-order valence-electron chi connectivity index (χ0n) is 26.9. The second-order valence-corrected chi connectivity index (χ2v) is 11.9. The number of unbranched alkanes of at least 4 members (excludes halogenated alkanes) is 1. The largest absolute Gasteiger partial charge is 0.508 e. The third-order valence-corrected chi connectivity index (χ3v) is 7.35. The molecule has 16 heteroatoms. The molecule has 0 unspecified atom stereocenters. The van der Waals surface area contributed by atoms with Crippen molar-refractivity contribution in [2.24, 2.45) is 17.4 Å². The van der Waals surface area contributed by atoms with E-state index in [4.69, 9.17) is 11.5 Å². The minimum atomic E-state index is -1.32. The first kappa shape index (κ1) is 38.6. The van der Waals surface area contributed by atoms with Crippen molar-refractivity contribution >= 4 is 29.6 Å². The molecule has 47 heavy (non-hydrogen) atoms. The van der Waals surface area contributed by atoms with Gasteiger partial charge in [0.2, 0.25) is 23.6 Å². The quantitative estimate of drug-likeness (QED) is 0.0754. The number of rotatable bonds is 20. The molecule has 0 bridgehead atoms. The van der Waals surface area contributed by atoms with Gasteiger partial charge in [0.05, 0.1) is 12.4 Å². The van der Waals surface area contributed by atoms with Crippen LogP contribution in [0.5, 0.6) is 5.75 Å². The lowest BCUT2D eigenvalue weighted by atomic mass is 10.0. The molecule has 0 aliphatic rings. The molecule has 2 rings (SSSR count). The number of nitrogens with zero attached hydrogens (tertiary/aromatic N) is 1. The molecule has 1 aromatic carbocycles. The Kier molecular flexibility index (Phi) is 15.8. The minimum absolute atomic E-state index is 0.00415. The summed E-state index contributed by atoms with van der Waals surface area (Å²) in [7, 11) is 0. The highest BCUT2D eigenvalue weighted by atomic mass is 16.4. The number of carbonyl (C=O) groups excluding carboxylic acids is 4. The van der Waals surface area contributed by atoms with Crippen molar-refractivity contribution in [3.05, 3.63) is 48.0 Å². The van der Waals surface area contributed by atoms with Gasteiger partial charge in [0, 0.05) is 24.7 Å². The summed E-state index contributed by atoms with van der Waals surface area (Å²) in [5.41, 5.74) is 12.5. The van der Waals surface area contributed by atoms with Crippen molar-refractivity contribution in [3.8, 4) is 5.75 Å². The van der Waals surface area contributed by atoms with Crippen LogP contribution in [-0.4, -0.2) is 97.7 Å². The average Bonchev–Trinajstić information content (AvgIpc) is 3.53. The Morgan fingerprint density at radius 1 is 0.830 bits per heavy atom. The number of hydrogen-bond donors (Lipinski definition) is 10. The monoisotopic (exact) mass is 660 g/mol. The number of nitrogens with one attached hydrogen (secondary N) is 5. The molecule has 0 aliphatic carbocycles. The van der Waals surface area contributed by atoms with E-state index in [0.717, 1.165) is 0 Å². The Morgan fingerprint density at radius 3 is 1.91 bits per heavy atom. The van der Waals surface area contributed by atoms with Crippen LogP contribution in [-0.2, 0) is 36.8 Å². The lowest BCUT2D eigenvalue weighted by Crippen LogP contribution is -2.59. The number of aliphatic carboxylic acids is 1. The molecule has 1 heterocycles. The van der Waals surface area contributed by atoms with Gasteiger partial charge in [0.1, 0.15) is 36.0 Å². The number of H-pyrrole nitrogens is 1. The topological polar surface area (TPSA) is 275 Å². The van der Waals surface area contributed by atoms with Crippen LogP contribution in [0.4, 0.5) is 0 Å². The Bertz CT molecular complexity index is 1300. The van der Waals surface area contributed by atoms with E-state index >= 15 is 0 Å². The van der Waals surface area contributed by atoms with Crippen LogP contribution in [0.2, 0.25) is 0 Å². The van der Waals surface area contributed by atoms with Crippen LogP contribution in [0.25, 0.3) is 0 Å². The smallest absolute Gasteiger partial charge is 0.326 e. The average molecular weight is 661 g/mol. The minimum Gasteiger partial charge on any atom is -0.508 e. The molecule has 12 N–H and O–H groups in total. The number of amides is 4. The van der Waals surface area contributed by atoms with Crippen molar-refractivity contribution in [1.82, 2.24) is 31.2 Å². The number of carboxylic acids is 1. The van der Waals surface area contributed by atoms with E-state index in [-0.39, 0.29) is 37.4 Å². The van der Waals surface area contributed by atoms with E-state index in [9.17, 15) is 39.3 Å². The maximum absolute atomic E-state index is 13.7. The van der Waals surface area contributed by atoms with Gasteiger partial charge < -0.3 is 53.0 Å². The van der Waals surface area contributed by atoms with Crippen molar-refractivity contribution in [1.29, 1.82) is 0 Å². The van der Waals surface area contributed by atoms with Crippen LogP contribution < -0.4 is 32.7 Å². The van der Waals surface area contributed by atoms with E-state index < -0.39 is 65.9 Å². The third-order valence-electron chi connectivity index (χ3n) is 7.35. The molecule has 0 saturated heterocycles. The fourth-order valence-corrected chi connectivity index (χ4v) is 4.66. The molecule has 0 spiro atoms. The molecule has 0 radical (unpaired) electrons. The van der Waals surface area contributed by atoms with E-state index in [1.807, 2.05) is 13.8 Å². The number of carboxylic acid groups (broad SMARTS) is 1. The van der Waals surface area contributed by atoms with Gasteiger partial charge in [-0.05, 0) is 62.8 Å². The normalized spacial score (nSPS) is 15.0. The molecular weight excluding hydrogens is 612 g/mol. The summed E-state index contributed by atoms with van der Waals surface area (Å²) in [5.74, 6) is -4.27. The lowest BCUT2D eigenvalue weighted by Gasteiger charge is -2.27. The number of aliphatic hydroxyl groups is 1. The standard InChI is InChI=1S/C31H48N8O8/c1-17(2)12-25(31(46)47)39-28(43)23(13-19-7-9-21(41)10-8-19)37-27(42)22(6-4-5-11-32)36-29(44)24(14-20-15-34-16-35-20)38-30(45)26(33)18(3)40/h7-10,15-18,22-26,40-41H,4-6,11-14,32-33H2,1-3H3,(H,34,35)(H,36,44)(H,37,42)(H,38,45)(H,39,43)(H,46,47)/t18-,22+,23+,24+,25+,26+/m1/s1. The summed E-state index contributed by atoms with van der Waals surface area (Å²) >= 11 is 0. The fourth-order valence-electron chi connectivity index (χ4n) is 4.66. The first-order chi connectivity index (χ1) is 22.2. The predicted octanol–water partition coefficient (Wildman–Crippen LogP) is -1.19. The molecule has 1 aromatic heterocycles. The van der Waals surface area contributed by atoms with Gasteiger partial charge in [-0.2, -0.15) is 0 Å². The van der Waals surface area contributed by atoms with Crippen LogP contribution in [0, 0.1) is 5.92 Å². The number of phenols is 1. The van der Waals surface area contributed by atoms with Crippen molar-refractivity contribution in [2.75, 3.05) is 6.54 Å². The summed E-state index contributed by atoms with van der Waals surface area (Å²) in [6, 6.07) is -0.224. The number of hydrogen-bond acceptors (Lipinski definition) is 10. The summed E-state index contributed by atoms with van der Waals surface area (Å²) in [6.45, 7) is 5.29. The number of aromatic hydroxyl groups is 1. The van der Waals surface area contributed by atoms with Crippen molar-refractivity contribution < 1.29 is 39.3 Å². The number of nitrogens with two attached hydrogens (primary N) is 2. The molecule has 16 nitrogen and oxygen atoms in total. The number of aromatic nitrogens is 2. The highest BCUT2D eigenvalue weighted by Gasteiger charge is 2.32. The number of imidazole rings is 1. The maximum Gasteiger partial charge on any atom is 0.326 e. The zero-order valence-corrected chi connectivity index (χ0v) is 26.9. The fraction of sp³-hybridized carbons (Fsp3) is 0.548. The molecular formula is C31H48N8O8. The highest BCUT2D eigenvalue weighted by Crippen LogP contribution is 2.13. The predicted molar refractivity (Wildman–Crippen MR) is 171 cm³/mol. The SMILES string of the molecule is CC(C)C[C@H](NC(=O)[C@H](Cc1ccc(O)cc1)NC(=O)[C@H](CCCCN)NC(=O)[C@H](Cc1cnc[nH]1)NC(=O)[C@@H](N)[C@@H](C)O)C(=O)O. The maximum atomic E-state index is 13.7. The van der Waals surface area contributed by atoms with E-state index in [2.05, 4.69) is 31.2 Å². The number of benzene rings is 1. The summed E-state index contributed by atoms with van der Waals surface area (Å²) in [4.78, 5) is 72.1. The summed E-state index contributed by atoms with van der Waals surface area (Å²) in [6.07, 6.45) is 2.82. The van der Waals surface area contributed by atoms with E-state index in [1.54, 1.807) is 12.1 Å². The molecule has 260 valence electrons. The summed E-state index contributed by atoms with van der Waals surface area (Å²) < 4.78 is 0. The van der Waals surface area contributed by atoms with Crippen molar-refractivity contribution in [3.63, 3.8) is 0 Å². The number of aliphatic hydroxyl groups excluding tert-OH is 1. The summed E-state index contributed by atoms with van der Waals surface area (Å²) in [5, 5.41) is 39.5. The second-order valence-electron chi connectivity index (χ2n) is 11.9. The Balaban J connectivity index is 2.34. The van der Waals surface area contributed by atoms with E-state index in [0.29, 0.717) is 30.6 Å². The molecule has 0 fully saturated rings. The molecule has 0 aliphatic heterocycles. The van der Waals surface area contributed by atoms with Crippen LogP contribution in [0.1, 0.15) is 57.7 Å². The molecule has 2 aromatic rings. The Morgan fingerprint density at radius 2 is 1.38 bits per heavy atom. The molecule has 6 atom stereocenters. The molecule has 0 saturated carbocycles. The second kappa shape index (κ2) is 19.2. The first-order valence-corrected chi connectivity index (χ1v) is 15.5. The zero-order chi connectivity index (χ0) is 35.1. The Labute approximate surface area is 273 Å².